The average Bonchev–Trinajstić information content (AvgIpc) is 2.81. The third-order valence-corrected chi connectivity index (χ3v) is 5.33. The Balaban J connectivity index is 1.47. The number of rotatable bonds is 8. The summed E-state index contributed by atoms with van der Waals surface area (Å²) in [6.45, 7) is 2.23. The minimum absolute atomic E-state index is 0.0553. The van der Waals surface area contributed by atoms with Gasteiger partial charge in [-0.25, -0.2) is 0 Å². The number of nitrogens with one attached hydrogen (secondary N) is 2. The molecule has 3 rings (SSSR count). The van der Waals surface area contributed by atoms with Crippen LogP contribution in [0.5, 0.6) is 5.75 Å². The van der Waals surface area contributed by atoms with Gasteiger partial charge in [0.2, 0.25) is 5.91 Å². The Bertz CT molecular complexity index is 1030. The van der Waals surface area contributed by atoms with Crippen LogP contribution in [0.15, 0.2) is 36.4 Å². The quantitative estimate of drug-likeness (QED) is 0.326. The molecule has 2 N–H and O–H groups in total. The van der Waals surface area contributed by atoms with E-state index in [0.717, 1.165) is 0 Å². The van der Waals surface area contributed by atoms with Gasteiger partial charge in [0, 0.05) is 36.2 Å². The zero-order valence-corrected chi connectivity index (χ0v) is 19.0. The number of nitrogens with zero attached hydrogens (tertiary/aromatic N) is 2. The number of nitro benzene ring substituents is 1. The van der Waals surface area contributed by atoms with Gasteiger partial charge < -0.3 is 14.4 Å². The summed E-state index contributed by atoms with van der Waals surface area (Å²) >= 11 is 11.8. The van der Waals surface area contributed by atoms with Crippen molar-refractivity contribution in [1.82, 2.24) is 10.9 Å². The van der Waals surface area contributed by atoms with Crippen LogP contribution in [0.25, 0.3) is 0 Å². The number of halogens is 2. The lowest BCUT2D eigenvalue weighted by atomic mass is 10.1. The van der Waals surface area contributed by atoms with Crippen LogP contribution in [0.3, 0.4) is 0 Å². The first-order valence-electron chi connectivity index (χ1n) is 10.1. The highest BCUT2D eigenvalue weighted by atomic mass is 35.5. The van der Waals surface area contributed by atoms with Crippen molar-refractivity contribution in [3.8, 4) is 5.75 Å². The molecule has 0 aromatic heterocycles. The molecule has 2 amide bonds. The zero-order chi connectivity index (χ0) is 23.8. The third-order valence-electron chi connectivity index (χ3n) is 4.80. The maximum absolute atomic E-state index is 12.4. The Labute approximate surface area is 199 Å². The fourth-order valence-electron chi connectivity index (χ4n) is 3.15. The Hall–Kier alpha value is -3.08. The minimum atomic E-state index is -0.663. The maximum Gasteiger partial charge on any atom is 0.293 e. The second-order valence-electron chi connectivity index (χ2n) is 7.09. The summed E-state index contributed by atoms with van der Waals surface area (Å²) in [4.78, 5) is 37.2. The highest BCUT2D eigenvalue weighted by Gasteiger charge is 2.23. The molecule has 33 heavy (non-hydrogen) atoms. The monoisotopic (exact) mass is 496 g/mol. The van der Waals surface area contributed by atoms with E-state index in [-0.39, 0.29) is 24.3 Å². The third kappa shape index (κ3) is 6.95. The molecule has 0 atom stereocenters. The van der Waals surface area contributed by atoms with Crippen LogP contribution >= 0.6 is 23.2 Å². The predicted octanol–water partition coefficient (Wildman–Crippen LogP) is 3.36. The number of carbonyl (C=O) groups is 2. The van der Waals surface area contributed by atoms with Crippen molar-refractivity contribution in [1.29, 1.82) is 0 Å². The van der Waals surface area contributed by atoms with Crippen molar-refractivity contribution in [2.24, 2.45) is 0 Å². The van der Waals surface area contributed by atoms with Crippen molar-refractivity contribution in [2.45, 2.75) is 12.8 Å². The van der Waals surface area contributed by atoms with E-state index >= 15 is 0 Å². The lowest BCUT2D eigenvalue weighted by Crippen LogP contribution is -2.41. The van der Waals surface area contributed by atoms with Crippen molar-refractivity contribution in [3.63, 3.8) is 0 Å². The van der Waals surface area contributed by atoms with Crippen LogP contribution in [0.4, 0.5) is 11.4 Å². The number of carbonyl (C=O) groups excluding carboxylic acids is 2. The Kier molecular flexibility index (Phi) is 8.70. The van der Waals surface area contributed by atoms with Crippen molar-refractivity contribution >= 4 is 46.4 Å². The van der Waals surface area contributed by atoms with Gasteiger partial charge in [0.1, 0.15) is 11.4 Å². The van der Waals surface area contributed by atoms with Crippen LogP contribution in [0.1, 0.15) is 23.2 Å². The normalized spacial score (nSPS) is 13.3. The van der Waals surface area contributed by atoms with E-state index in [0.29, 0.717) is 54.2 Å². The van der Waals surface area contributed by atoms with Gasteiger partial charge in [-0.15, -0.1) is 0 Å². The van der Waals surface area contributed by atoms with E-state index < -0.39 is 16.7 Å². The molecule has 1 aliphatic rings. The number of hydrazine groups is 1. The fraction of sp³-hybridized carbons (Fsp3) is 0.333. The fourth-order valence-corrected chi connectivity index (χ4v) is 3.61. The number of ether oxygens (including phenoxy) is 2. The van der Waals surface area contributed by atoms with Crippen LogP contribution in [-0.4, -0.2) is 49.6 Å². The maximum atomic E-state index is 12.4. The number of morpholine rings is 1. The van der Waals surface area contributed by atoms with Gasteiger partial charge in [-0.1, -0.05) is 23.2 Å². The molecule has 12 heteroatoms. The molecule has 2 aromatic rings. The SMILES string of the molecule is O=C(CCCOc1ccc(Cl)cc1Cl)NNC(=O)c1ccc(N2CCOCC2)c([N+](=O)[O-])c1. The molecule has 0 bridgehead atoms. The lowest BCUT2D eigenvalue weighted by Gasteiger charge is -2.28. The molecule has 10 nitrogen and oxygen atoms in total. The standard InChI is InChI=1S/C21H22Cl2N4O6/c22-15-4-6-19(16(23)13-15)33-9-1-2-20(28)24-25-21(29)14-3-5-17(18(12-14)27(30)31)26-7-10-32-11-8-26/h3-6,12-13H,1-2,7-11H2,(H,24,28)(H,25,29). The summed E-state index contributed by atoms with van der Waals surface area (Å²) in [6.07, 6.45) is 0.460. The molecule has 0 aliphatic carbocycles. The van der Waals surface area contributed by atoms with Crippen LogP contribution < -0.4 is 20.5 Å². The van der Waals surface area contributed by atoms with Gasteiger partial charge in [0.15, 0.2) is 0 Å². The topological polar surface area (TPSA) is 123 Å². The molecule has 176 valence electrons. The van der Waals surface area contributed by atoms with Gasteiger partial charge >= 0.3 is 0 Å². The number of anilines is 1. The van der Waals surface area contributed by atoms with Gasteiger partial charge in [0.05, 0.1) is 29.8 Å². The summed E-state index contributed by atoms with van der Waals surface area (Å²) in [5, 5.41) is 12.4. The second kappa shape index (κ2) is 11.7. The zero-order valence-electron chi connectivity index (χ0n) is 17.5. The van der Waals surface area contributed by atoms with Gasteiger partial charge in [0.25, 0.3) is 11.6 Å². The highest BCUT2D eigenvalue weighted by Crippen LogP contribution is 2.30. The van der Waals surface area contributed by atoms with Crippen molar-refractivity contribution < 1.29 is 24.0 Å². The number of amides is 2. The van der Waals surface area contributed by atoms with Crippen molar-refractivity contribution in [3.05, 3.63) is 62.1 Å². The molecular weight excluding hydrogens is 475 g/mol. The first kappa shape index (κ1) is 24.6. The first-order chi connectivity index (χ1) is 15.8. The summed E-state index contributed by atoms with van der Waals surface area (Å²) < 4.78 is 10.8. The largest absolute Gasteiger partial charge is 0.492 e. The molecule has 1 saturated heterocycles. The first-order valence-corrected chi connectivity index (χ1v) is 10.9. The molecule has 1 aliphatic heterocycles. The Morgan fingerprint density at radius 1 is 1.12 bits per heavy atom. The summed E-state index contributed by atoms with van der Waals surface area (Å²) in [5.41, 5.74) is 4.85. The molecule has 1 heterocycles. The Morgan fingerprint density at radius 3 is 2.58 bits per heavy atom. The number of nitro groups is 1. The molecule has 2 aromatic carbocycles. The van der Waals surface area contributed by atoms with E-state index in [9.17, 15) is 19.7 Å². The highest BCUT2D eigenvalue weighted by molar-refractivity contribution is 6.35. The second-order valence-corrected chi connectivity index (χ2v) is 7.93. The number of hydrogen-bond donors (Lipinski definition) is 2. The number of hydrogen-bond acceptors (Lipinski definition) is 7. The van der Waals surface area contributed by atoms with E-state index in [1.165, 1.54) is 18.2 Å². The molecule has 0 unspecified atom stereocenters. The van der Waals surface area contributed by atoms with E-state index in [1.807, 2.05) is 4.90 Å². The van der Waals surface area contributed by atoms with Crippen LogP contribution in [0, 0.1) is 10.1 Å². The van der Waals surface area contributed by atoms with E-state index in [1.54, 1.807) is 18.2 Å². The molecule has 0 spiro atoms. The van der Waals surface area contributed by atoms with Gasteiger partial charge in [-0.3, -0.25) is 30.6 Å². The summed E-state index contributed by atoms with van der Waals surface area (Å²) in [7, 11) is 0. The summed E-state index contributed by atoms with van der Waals surface area (Å²) in [6, 6.07) is 9.02. The minimum Gasteiger partial charge on any atom is -0.492 e. The van der Waals surface area contributed by atoms with Crippen LogP contribution in [0.2, 0.25) is 10.0 Å². The number of benzene rings is 2. The van der Waals surface area contributed by atoms with Gasteiger partial charge in [-0.2, -0.15) is 0 Å². The van der Waals surface area contributed by atoms with E-state index in [4.69, 9.17) is 32.7 Å². The van der Waals surface area contributed by atoms with Gasteiger partial charge in [-0.05, 0) is 36.8 Å². The Morgan fingerprint density at radius 2 is 1.88 bits per heavy atom. The van der Waals surface area contributed by atoms with Crippen molar-refractivity contribution in [2.75, 3.05) is 37.8 Å². The predicted molar refractivity (Wildman–Crippen MR) is 123 cm³/mol. The average molecular weight is 497 g/mol. The molecular formula is C21H22Cl2N4O6. The van der Waals surface area contributed by atoms with Crippen LogP contribution in [-0.2, 0) is 9.53 Å². The smallest absolute Gasteiger partial charge is 0.293 e. The van der Waals surface area contributed by atoms with E-state index in [2.05, 4.69) is 10.9 Å². The molecule has 1 fully saturated rings. The molecule has 0 radical (unpaired) electrons. The summed E-state index contributed by atoms with van der Waals surface area (Å²) in [5.74, 6) is -0.644. The molecule has 0 saturated carbocycles. The lowest BCUT2D eigenvalue weighted by molar-refractivity contribution is -0.384.